The third kappa shape index (κ3) is 6.29. The van der Waals surface area contributed by atoms with Gasteiger partial charge in [-0.25, -0.2) is 18.7 Å². The first-order valence-corrected chi connectivity index (χ1v) is 15.3. The lowest BCUT2D eigenvalue weighted by Gasteiger charge is -2.31. The van der Waals surface area contributed by atoms with Crippen LogP contribution in [-0.2, 0) is 4.79 Å². The molecule has 238 valence electrons. The minimum Gasteiger partial charge on any atom is -0.472 e. The van der Waals surface area contributed by atoms with Crippen LogP contribution in [0.5, 0.6) is 11.6 Å². The Hall–Kier alpha value is -3.59. The van der Waals surface area contributed by atoms with Crippen molar-refractivity contribution in [2.45, 2.75) is 58.7 Å². The number of benzene rings is 1. The molecule has 0 radical (unpaired) electrons. The van der Waals surface area contributed by atoms with Crippen molar-refractivity contribution >= 4 is 39.9 Å². The van der Waals surface area contributed by atoms with E-state index >= 15 is 4.39 Å². The molecule has 4 N–H and O–H groups in total. The molecule has 1 aromatic carbocycles. The standard InChI is InChI=1S/C29H33F5N6O3S/c1-5-19(28(41)40-6-8-44-9-7-40)36-12-20-15(4)42-27-22-21(13(2)14(3)37-26(22)38-20)23(31)24(39-27)17-10-16(35)11-18(30)25(17)43-29(32,33)34/h10-11,15,19-20,36H,5-9,12,35H2,1-4H3,(H,37,38). The van der Waals surface area contributed by atoms with Gasteiger partial charge in [0.15, 0.2) is 17.4 Å². The molecule has 2 aliphatic heterocycles. The van der Waals surface area contributed by atoms with E-state index in [-0.39, 0.29) is 40.6 Å². The molecule has 0 spiro atoms. The second-order valence-electron chi connectivity index (χ2n) is 10.8. The van der Waals surface area contributed by atoms with Crippen molar-refractivity contribution in [1.82, 2.24) is 20.2 Å². The first-order chi connectivity index (χ1) is 20.8. The molecular weight excluding hydrogens is 607 g/mol. The van der Waals surface area contributed by atoms with Crippen LogP contribution in [0.1, 0.15) is 31.5 Å². The van der Waals surface area contributed by atoms with Crippen LogP contribution in [0.3, 0.4) is 0 Å². The Morgan fingerprint density at radius 2 is 1.93 bits per heavy atom. The molecule has 44 heavy (non-hydrogen) atoms. The normalized spacial score (nSPS) is 19.2. The van der Waals surface area contributed by atoms with E-state index in [4.69, 9.17) is 10.5 Å². The second-order valence-corrected chi connectivity index (χ2v) is 12.0. The quantitative estimate of drug-likeness (QED) is 0.238. The molecule has 2 aromatic heterocycles. The molecule has 3 aromatic rings. The number of nitrogens with zero attached hydrogens (tertiary/aromatic N) is 3. The van der Waals surface area contributed by atoms with E-state index in [0.717, 1.165) is 17.6 Å². The number of nitrogens with two attached hydrogens (primary N) is 1. The van der Waals surface area contributed by atoms with E-state index in [9.17, 15) is 22.4 Å². The third-order valence-electron chi connectivity index (χ3n) is 7.88. The van der Waals surface area contributed by atoms with E-state index in [1.807, 2.05) is 23.6 Å². The van der Waals surface area contributed by atoms with Gasteiger partial charge in [-0.3, -0.25) is 4.79 Å². The lowest BCUT2D eigenvalue weighted by molar-refractivity contribution is -0.275. The number of hydrogen-bond donors (Lipinski definition) is 3. The van der Waals surface area contributed by atoms with Crippen molar-refractivity contribution in [3.63, 3.8) is 0 Å². The lowest BCUT2D eigenvalue weighted by atomic mass is 10.0. The Morgan fingerprint density at radius 3 is 2.59 bits per heavy atom. The Balaban J connectivity index is 1.54. The summed E-state index contributed by atoms with van der Waals surface area (Å²) in [4.78, 5) is 23.9. The molecule has 1 saturated heterocycles. The van der Waals surface area contributed by atoms with Crippen molar-refractivity contribution < 1.29 is 36.2 Å². The van der Waals surface area contributed by atoms with Gasteiger partial charge in [-0.2, -0.15) is 11.8 Å². The number of nitrogen functional groups attached to an aromatic ring is 1. The zero-order valence-corrected chi connectivity index (χ0v) is 25.4. The summed E-state index contributed by atoms with van der Waals surface area (Å²) in [6, 6.07) is 0.709. The summed E-state index contributed by atoms with van der Waals surface area (Å²) in [5.41, 5.74) is 5.06. The largest absolute Gasteiger partial charge is 0.573 e. The fraction of sp³-hybridized carbons (Fsp3) is 0.483. The Kier molecular flexibility index (Phi) is 8.99. The average molecular weight is 641 g/mol. The molecule has 0 saturated carbocycles. The SMILES string of the molecule is CCC(NCC1Nc2nc(C)c(C)c3c(F)c(-c4cc(N)cc(F)c4OC(F)(F)F)nc(c23)OC1C)C(=O)N1CCSCC1. The number of hydrogen-bond acceptors (Lipinski definition) is 9. The van der Waals surface area contributed by atoms with Gasteiger partial charge in [0.1, 0.15) is 17.6 Å². The predicted molar refractivity (Wildman–Crippen MR) is 159 cm³/mol. The van der Waals surface area contributed by atoms with E-state index in [1.54, 1.807) is 20.8 Å². The van der Waals surface area contributed by atoms with Crippen LogP contribution in [0.15, 0.2) is 12.1 Å². The van der Waals surface area contributed by atoms with Crippen molar-refractivity contribution in [1.29, 1.82) is 0 Å². The minimum atomic E-state index is -5.27. The molecule has 4 heterocycles. The number of pyridine rings is 2. The van der Waals surface area contributed by atoms with Crippen molar-refractivity contribution in [2.75, 3.05) is 42.2 Å². The Morgan fingerprint density at radius 1 is 1.23 bits per heavy atom. The lowest BCUT2D eigenvalue weighted by Crippen LogP contribution is -2.52. The van der Waals surface area contributed by atoms with Gasteiger partial charge in [0.2, 0.25) is 11.8 Å². The van der Waals surface area contributed by atoms with E-state index in [0.29, 0.717) is 36.8 Å². The van der Waals surface area contributed by atoms with Gasteiger partial charge in [0, 0.05) is 54.0 Å². The molecule has 5 rings (SSSR count). The van der Waals surface area contributed by atoms with Gasteiger partial charge < -0.3 is 30.7 Å². The van der Waals surface area contributed by atoms with Gasteiger partial charge in [0.05, 0.1) is 23.0 Å². The molecule has 9 nitrogen and oxygen atoms in total. The number of thioether (sulfide) groups is 1. The number of rotatable bonds is 7. The average Bonchev–Trinajstić information content (AvgIpc) is 3.09. The molecule has 0 aliphatic carbocycles. The molecule has 15 heteroatoms. The first-order valence-electron chi connectivity index (χ1n) is 14.2. The van der Waals surface area contributed by atoms with Crippen LogP contribution in [-0.4, -0.2) is 76.5 Å². The van der Waals surface area contributed by atoms with Crippen molar-refractivity contribution in [2.24, 2.45) is 0 Å². The fourth-order valence-electron chi connectivity index (χ4n) is 5.43. The molecule has 1 fully saturated rings. The van der Waals surface area contributed by atoms with Gasteiger partial charge >= 0.3 is 6.36 Å². The topological polar surface area (TPSA) is 115 Å². The predicted octanol–water partition coefficient (Wildman–Crippen LogP) is 5.18. The highest BCUT2D eigenvalue weighted by Gasteiger charge is 2.37. The summed E-state index contributed by atoms with van der Waals surface area (Å²) in [7, 11) is 0. The second kappa shape index (κ2) is 12.4. The molecule has 3 unspecified atom stereocenters. The number of carbonyl (C=O) groups is 1. The van der Waals surface area contributed by atoms with Crippen LogP contribution in [0.25, 0.3) is 22.0 Å². The Labute approximate surface area is 255 Å². The van der Waals surface area contributed by atoms with Crippen LogP contribution < -0.4 is 25.8 Å². The molecular formula is C29H33F5N6O3S. The zero-order chi connectivity index (χ0) is 31.9. The van der Waals surface area contributed by atoms with Gasteiger partial charge in [0.25, 0.3) is 0 Å². The summed E-state index contributed by atoms with van der Waals surface area (Å²) in [6.07, 6.45) is -5.34. The number of carbonyl (C=O) groups excluding carboxylic acids is 1. The number of anilines is 2. The number of aryl methyl sites for hydroxylation is 2. The van der Waals surface area contributed by atoms with E-state index < -0.39 is 53.2 Å². The highest BCUT2D eigenvalue weighted by atomic mass is 32.2. The number of alkyl halides is 3. The summed E-state index contributed by atoms with van der Waals surface area (Å²) in [5.74, 6) is -1.77. The van der Waals surface area contributed by atoms with E-state index in [2.05, 4.69) is 25.3 Å². The number of ether oxygens (including phenoxy) is 2. The number of halogens is 5. The molecule has 0 bridgehead atoms. The highest BCUT2D eigenvalue weighted by molar-refractivity contribution is 7.99. The summed E-state index contributed by atoms with van der Waals surface area (Å²) in [6.45, 7) is 8.58. The number of nitrogens with one attached hydrogen (secondary N) is 2. The zero-order valence-electron chi connectivity index (χ0n) is 24.6. The van der Waals surface area contributed by atoms with Crippen molar-refractivity contribution in [3.8, 4) is 22.9 Å². The maximum atomic E-state index is 16.4. The number of aromatic nitrogens is 2. The van der Waals surface area contributed by atoms with Gasteiger partial charge in [-0.1, -0.05) is 6.92 Å². The Bertz CT molecular complexity index is 1580. The first kappa shape index (κ1) is 31.8. The van der Waals surface area contributed by atoms with Crippen LogP contribution >= 0.6 is 11.8 Å². The summed E-state index contributed by atoms with van der Waals surface area (Å²) in [5, 5.41) is 6.80. The highest BCUT2D eigenvalue weighted by Crippen LogP contribution is 2.44. The minimum absolute atomic E-state index is 0.00817. The van der Waals surface area contributed by atoms with Crippen molar-refractivity contribution in [3.05, 3.63) is 35.0 Å². The maximum Gasteiger partial charge on any atom is 0.573 e. The summed E-state index contributed by atoms with van der Waals surface area (Å²) < 4.78 is 81.0. The van der Waals surface area contributed by atoms with Crippen LogP contribution in [0.4, 0.5) is 33.5 Å². The monoisotopic (exact) mass is 640 g/mol. The number of amides is 1. The molecule has 2 aliphatic rings. The molecule has 1 amide bonds. The van der Waals surface area contributed by atoms with E-state index in [1.165, 1.54) is 0 Å². The maximum absolute atomic E-state index is 16.4. The van der Waals surface area contributed by atoms with Crippen LogP contribution in [0, 0.1) is 25.5 Å². The van der Waals surface area contributed by atoms with Gasteiger partial charge in [-0.05, 0) is 38.8 Å². The molecule has 3 atom stereocenters. The summed E-state index contributed by atoms with van der Waals surface area (Å²) >= 11 is 1.81. The third-order valence-corrected chi connectivity index (χ3v) is 8.82. The van der Waals surface area contributed by atoms with Gasteiger partial charge in [-0.15, -0.1) is 13.2 Å². The fourth-order valence-corrected chi connectivity index (χ4v) is 6.33. The van der Waals surface area contributed by atoms with Crippen LogP contribution in [0.2, 0.25) is 0 Å². The smallest absolute Gasteiger partial charge is 0.472 e.